The maximum absolute atomic E-state index is 13.0. The van der Waals surface area contributed by atoms with Gasteiger partial charge in [-0.15, -0.1) is 0 Å². The van der Waals surface area contributed by atoms with E-state index in [1.165, 1.54) is 6.08 Å². The molecule has 0 spiro atoms. The lowest BCUT2D eigenvalue weighted by Gasteiger charge is -2.34. The van der Waals surface area contributed by atoms with E-state index in [0.29, 0.717) is 40.7 Å². The van der Waals surface area contributed by atoms with Crippen LogP contribution >= 0.6 is 0 Å². The second-order valence-corrected chi connectivity index (χ2v) is 10.3. The zero-order valence-electron chi connectivity index (χ0n) is 23.0. The van der Waals surface area contributed by atoms with Crippen LogP contribution in [-0.4, -0.2) is 23.0 Å². The smallest absolute Gasteiger partial charge is 0.414 e. The van der Waals surface area contributed by atoms with Crippen LogP contribution in [0, 0.1) is 5.41 Å². The summed E-state index contributed by atoms with van der Waals surface area (Å²) in [6.45, 7) is 3.90. The number of para-hydroxylation sites is 2. The average Bonchev–Trinajstić information content (AvgIpc) is 2.96. The Kier molecular flexibility index (Phi) is 9.04. The number of nitrogens with one attached hydrogen (secondary N) is 2. The van der Waals surface area contributed by atoms with E-state index < -0.39 is 23.5 Å². The van der Waals surface area contributed by atoms with Crippen molar-refractivity contribution in [2.24, 2.45) is 5.41 Å². The van der Waals surface area contributed by atoms with E-state index in [0.717, 1.165) is 5.39 Å². The first-order valence-electron chi connectivity index (χ1n) is 13.3. The molecule has 0 heterocycles. The van der Waals surface area contributed by atoms with E-state index in [4.69, 9.17) is 10.5 Å². The van der Waals surface area contributed by atoms with Crippen LogP contribution in [-0.2, 0) is 9.53 Å². The van der Waals surface area contributed by atoms with Crippen LogP contribution in [0.1, 0.15) is 48.7 Å². The van der Waals surface area contributed by atoms with Crippen molar-refractivity contribution in [2.45, 2.75) is 32.8 Å². The molecule has 4 aromatic carbocycles. The van der Waals surface area contributed by atoms with Gasteiger partial charge in [-0.2, -0.15) is 0 Å². The summed E-state index contributed by atoms with van der Waals surface area (Å²) >= 11 is 0. The number of rotatable bonds is 9. The van der Waals surface area contributed by atoms with Gasteiger partial charge in [0.1, 0.15) is 11.9 Å². The topological polar surface area (TPSA) is 131 Å². The highest BCUT2D eigenvalue weighted by Crippen LogP contribution is 2.44. The molecule has 210 valence electrons. The van der Waals surface area contributed by atoms with Crippen molar-refractivity contribution in [1.82, 2.24) is 5.32 Å². The molecular weight excluding hydrogens is 518 g/mol. The van der Waals surface area contributed by atoms with Gasteiger partial charge in [0.15, 0.2) is 0 Å². The Morgan fingerprint density at radius 3 is 2.29 bits per heavy atom. The van der Waals surface area contributed by atoms with Crippen molar-refractivity contribution in [3.63, 3.8) is 0 Å². The first kappa shape index (κ1) is 28.9. The van der Waals surface area contributed by atoms with Gasteiger partial charge in [0.25, 0.3) is 5.91 Å². The summed E-state index contributed by atoms with van der Waals surface area (Å²) in [5.74, 6) is -0.773. The van der Waals surface area contributed by atoms with Crippen molar-refractivity contribution in [2.75, 3.05) is 11.1 Å². The van der Waals surface area contributed by atoms with E-state index in [9.17, 15) is 19.5 Å². The van der Waals surface area contributed by atoms with Crippen LogP contribution in [0.25, 0.3) is 10.8 Å². The van der Waals surface area contributed by atoms with E-state index in [1.54, 1.807) is 78.9 Å². The third kappa shape index (κ3) is 7.30. The molecule has 0 saturated heterocycles. The number of imide groups is 1. The molecule has 0 aromatic heterocycles. The van der Waals surface area contributed by atoms with Crippen LogP contribution in [0.5, 0.6) is 5.75 Å². The Bertz CT molecular complexity index is 1580. The predicted octanol–water partition coefficient (Wildman–Crippen LogP) is 6.74. The Morgan fingerprint density at radius 2 is 1.56 bits per heavy atom. The van der Waals surface area contributed by atoms with Crippen molar-refractivity contribution in [3.8, 4) is 5.75 Å². The number of carbonyl (C=O) groups excluding carboxylic acids is 3. The van der Waals surface area contributed by atoms with E-state index >= 15 is 0 Å². The summed E-state index contributed by atoms with van der Waals surface area (Å²) in [6, 6.07) is 26.0. The normalized spacial score (nSPS) is 12.1. The number of fused-ring (bicyclic) bond motifs is 1. The zero-order chi connectivity index (χ0) is 29.4. The number of benzene rings is 4. The van der Waals surface area contributed by atoms with Gasteiger partial charge in [-0.05, 0) is 54.6 Å². The minimum Gasteiger partial charge on any atom is -0.507 e. The molecule has 0 unspecified atom stereocenters. The molecule has 0 aliphatic rings. The molecule has 0 fully saturated rings. The Balaban J connectivity index is 1.53. The number of nitrogens with two attached hydrogens (primary N) is 1. The number of ether oxygens (including phenoxy) is 1. The second-order valence-electron chi connectivity index (χ2n) is 10.3. The highest BCUT2D eigenvalue weighted by atomic mass is 16.6. The fraction of sp³-hybridized carbons (Fsp3) is 0.182. The molecule has 3 amide bonds. The summed E-state index contributed by atoms with van der Waals surface area (Å²) in [7, 11) is 0. The van der Waals surface area contributed by atoms with E-state index in [2.05, 4.69) is 10.6 Å². The first-order valence-corrected chi connectivity index (χ1v) is 13.3. The summed E-state index contributed by atoms with van der Waals surface area (Å²) in [5, 5.41) is 16.8. The molecule has 0 radical (unpaired) electrons. The molecular formula is C33H33N3O5. The van der Waals surface area contributed by atoms with Crippen LogP contribution in [0.4, 0.5) is 16.2 Å². The van der Waals surface area contributed by atoms with Gasteiger partial charge in [0.05, 0.1) is 11.4 Å². The first-order chi connectivity index (χ1) is 19.7. The molecule has 8 heteroatoms. The average molecular weight is 552 g/mol. The van der Waals surface area contributed by atoms with Gasteiger partial charge < -0.3 is 20.9 Å². The number of nitrogen functional groups attached to an aromatic ring is 1. The highest BCUT2D eigenvalue weighted by molar-refractivity contribution is 6.03. The third-order valence-electron chi connectivity index (χ3n) is 6.85. The summed E-state index contributed by atoms with van der Waals surface area (Å²) < 4.78 is 5.94. The number of anilines is 2. The number of hydrogen-bond donors (Lipinski definition) is 4. The monoisotopic (exact) mass is 551 g/mol. The largest absolute Gasteiger partial charge is 0.507 e. The van der Waals surface area contributed by atoms with Crippen molar-refractivity contribution in [1.29, 1.82) is 0 Å². The molecule has 1 atom stereocenters. The maximum Gasteiger partial charge on any atom is 0.414 e. The highest BCUT2D eigenvalue weighted by Gasteiger charge is 2.35. The number of phenols is 1. The molecule has 41 heavy (non-hydrogen) atoms. The standard InChI is InChI=1S/C33H33N3O5/c1-33(2,21-11-10-18-29(38)35-27-17-9-8-16-26(27)34)30(25-19-20-28(37)24-15-7-6-14-23(24)25)41-32(40)36-31(39)22-12-4-3-5-13-22/h3-10,12-20,30,37H,11,21,34H2,1-2H3,(H,35,38)(H,36,39,40)/b18-10+/t30-/m0/s1. The molecule has 0 bridgehead atoms. The van der Waals surface area contributed by atoms with E-state index in [-0.39, 0.29) is 11.7 Å². The van der Waals surface area contributed by atoms with Crippen LogP contribution < -0.4 is 16.4 Å². The van der Waals surface area contributed by atoms with Gasteiger partial charge in [-0.1, -0.05) is 80.6 Å². The molecule has 0 aliphatic carbocycles. The number of phenolic OH excluding ortho intramolecular Hbond substituents is 1. The minimum atomic E-state index is -0.885. The molecule has 4 rings (SSSR count). The lowest BCUT2D eigenvalue weighted by molar-refractivity contribution is -0.111. The van der Waals surface area contributed by atoms with Crippen molar-refractivity contribution in [3.05, 3.63) is 114 Å². The fourth-order valence-corrected chi connectivity index (χ4v) is 4.63. The molecule has 5 N–H and O–H groups in total. The van der Waals surface area contributed by atoms with Gasteiger partial charge in [-0.3, -0.25) is 14.9 Å². The lowest BCUT2D eigenvalue weighted by atomic mass is 9.77. The Hall–Kier alpha value is -5.11. The number of hydrogen-bond acceptors (Lipinski definition) is 6. The quantitative estimate of drug-likeness (QED) is 0.135. The van der Waals surface area contributed by atoms with Crippen LogP contribution in [0.3, 0.4) is 0 Å². The Morgan fingerprint density at radius 1 is 0.902 bits per heavy atom. The number of amides is 3. The molecule has 4 aromatic rings. The second kappa shape index (κ2) is 12.8. The lowest BCUT2D eigenvalue weighted by Crippen LogP contribution is -2.35. The van der Waals surface area contributed by atoms with Gasteiger partial charge in [0.2, 0.25) is 5.91 Å². The summed E-state index contributed by atoms with van der Waals surface area (Å²) in [6.07, 6.45) is 2.56. The Labute approximate surface area is 238 Å². The summed E-state index contributed by atoms with van der Waals surface area (Å²) in [4.78, 5) is 38.0. The maximum atomic E-state index is 13.0. The van der Waals surface area contributed by atoms with Crippen LogP contribution in [0.2, 0.25) is 0 Å². The number of alkyl carbamates (subject to hydrolysis) is 1. The number of aromatic hydroxyl groups is 1. The zero-order valence-corrected chi connectivity index (χ0v) is 23.0. The van der Waals surface area contributed by atoms with E-state index in [1.807, 2.05) is 32.0 Å². The SMILES string of the molecule is CC(C)(CC/C=C/C(=O)Nc1ccccc1N)[C@@H](OC(=O)NC(=O)c1ccccc1)c1ccc(O)c2ccccc12. The third-order valence-corrected chi connectivity index (χ3v) is 6.85. The van der Waals surface area contributed by atoms with Crippen molar-refractivity contribution >= 4 is 40.1 Å². The number of allylic oxidation sites excluding steroid dienone is 1. The molecule has 8 nitrogen and oxygen atoms in total. The van der Waals surface area contributed by atoms with Gasteiger partial charge in [-0.25, -0.2) is 4.79 Å². The predicted molar refractivity (Wildman–Crippen MR) is 160 cm³/mol. The van der Waals surface area contributed by atoms with Gasteiger partial charge in [0, 0.05) is 21.9 Å². The van der Waals surface area contributed by atoms with Crippen LogP contribution in [0.15, 0.2) is 103 Å². The minimum absolute atomic E-state index is 0.109. The van der Waals surface area contributed by atoms with Crippen molar-refractivity contribution < 1.29 is 24.2 Å². The molecule has 0 saturated carbocycles. The summed E-state index contributed by atoms with van der Waals surface area (Å²) in [5.41, 5.74) is 7.28. The number of carbonyl (C=O) groups is 3. The molecule has 0 aliphatic heterocycles. The van der Waals surface area contributed by atoms with Gasteiger partial charge >= 0.3 is 6.09 Å². The fourth-order valence-electron chi connectivity index (χ4n) is 4.63.